The number of carbonyl (C=O) groups excluding carboxylic acids is 2. The molecule has 1 aromatic carbocycles. The van der Waals surface area contributed by atoms with Gasteiger partial charge in [0.05, 0.1) is 0 Å². The molecule has 3 aliphatic rings. The summed E-state index contributed by atoms with van der Waals surface area (Å²) < 4.78 is 0. The third kappa shape index (κ3) is 3.85. The van der Waals surface area contributed by atoms with Crippen LogP contribution in [-0.2, 0) is 16.0 Å². The Bertz CT molecular complexity index is 1030. The Morgan fingerprint density at radius 1 is 1.28 bits per heavy atom. The molecule has 168 valence electrons. The average molecular weight is 452 g/mol. The predicted molar refractivity (Wildman–Crippen MR) is 124 cm³/mol. The molecule has 5 nitrogen and oxygen atoms in total. The van der Waals surface area contributed by atoms with Crippen LogP contribution >= 0.6 is 11.6 Å². The SMILES string of the molecule is C[C@]12CCC3c4ccc(Cl)cc4CCC3C1[C@H](CCCC(=O)Nc1cccnn1)CC2=O. The minimum Gasteiger partial charge on any atom is -0.309 e. The van der Waals surface area contributed by atoms with Crippen molar-refractivity contribution in [3.63, 3.8) is 0 Å². The van der Waals surface area contributed by atoms with E-state index in [1.54, 1.807) is 18.3 Å². The van der Waals surface area contributed by atoms with Gasteiger partial charge in [0.1, 0.15) is 5.78 Å². The number of nitrogens with zero attached hydrogens (tertiary/aromatic N) is 2. The van der Waals surface area contributed by atoms with Gasteiger partial charge < -0.3 is 5.32 Å². The molecule has 5 rings (SSSR count). The van der Waals surface area contributed by atoms with E-state index in [1.807, 2.05) is 6.07 Å². The van der Waals surface area contributed by atoms with Crippen LogP contribution in [0.25, 0.3) is 0 Å². The van der Waals surface area contributed by atoms with Crippen molar-refractivity contribution in [1.29, 1.82) is 0 Å². The highest BCUT2D eigenvalue weighted by molar-refractivity contribution is 6.30. The first-order valence-electron chi connectivity index (χ1n) is 11.8. The van der Waals surface area contributed by atoms with E-state index in [4.69, 9.17) is 11.6 Å². The number of anilines is 1. The third-order valence-electron chi connectivity index (χ3n) is 8.35. The number of fused-ring (bicyclic) bond motifs is 5. The van der Waals surface area contributed by atoms with Crippen LogP contribution in [0.2, 0.25) is 5.02 Å². The molecule has 0 aliphatic heterocycles. The van der Waals surface area contributed by atoms with Crippen molar-refractivity contribution in [2.24, 2.45) is 23.2 Å². The summed E-state index contributed by atoms with van der Waals surface area (Å²) >= 11 is 6.25. The molecule has 0 radical (unpaired) electrons. The molecule has 2 aromatic rings. The summed E-state index contributed by atoms with van der Waals surface area (Å²) in [7, 11) is 0. The fourth-order valence-electron chi connectivity index (χ4n) is 6.97. The predicted octanol–water partition coefficient (Wildman–Crippen LogP) is 5.59. The van der Waals surface area contributed by atoms with Crippen LogP contribution in [-0.4, -0.2) is 21.9 Å². The van der Waals surface area contributed by atoms with Crippen molar-refractivity contribution in [3.05, 3.63) is 52.7 Å². The van der Waals surface area contributed by atoms with E-state index < -0.39 is 0 Å². The standard InChI is InChI=1S/C26H30ClN3O2/c1-26-12-11-20-19-10-8-18(27)14-16(19)7-9-21(20)25(26)17(15-22(26)31)4-2-6-24(32)29-23-5-3-13-28-30-23/h3,5,8,10,13-14,17,20-21,25H,2,4,6-7,9,11-12,15H2,1H3,(H,29,30,32)/t17-,20?,21?,25?,26-/m1/s1. The largest absolute Gasteiger partial charge is 0.309 e. The highest BCUT2D eigenvalue weighted by Crippen LogP contribution is 2.62. The molecule has 6 heteroatoms. The van der Waals surface area contributed by atoms with Crippen molar-refractivity contribution in [1.82, 2.24) is 10.2 Å². The average Bonchev–Trinajstić information content (AvgIpc) is 3.04. The zero-order chi connectivity index (χ0) is 22.3. The molecule has 5 atom stereocenters. The van der Waals surface area contributed by atoms with Crippen LogP contribution in [0.1, 0.15) is 68.9 Å². The van der Waals surface area contributed by atoms with Crippen molar-refractivity contribution < 1.29 is 9.59 Å². The lowest BCUT2D eigenvalue weighted by molar-refractivity contribution is -0.129. The molecular weight excluding hydrogens is 422 g/mol. The Balaban J connectivity index is 1.28. The summed E-state index contributed by atoms with van der Waals surface area (Å²) in [6, 6.07) is 9.86. The van der Waals surface area contributed by atoms with E-state index in [0.29, 0.717) is 48.1 Å². The summed E-state index contributed by atoms with van der Waals surface area (Å²) in [6.07, 6.45) is 8.66. The van der Waals surface area contributed by atoms with Gasteiger partial charge in [-0.1, -0.05) is 24.6 Å². The monoisotopic (exact) mass is 451 g/mol. The van der Waals surface area contributed by atoms with Crippen LogP contribution in [0.4, 0.5) is 5.82 Å². The Morgan fingerprint density at radius 2 is 2.16 bits per heavy atom. The summed E-state index contributed by atoms with van der Waals surface area (Å²) in [5, 5.41) is 11.3. The number of Topliss-reactive ketones (excluding diaryl/α,β-unsaturated/α-hetero) is 1. The minimum atomic E-state index is -0.197. The molecule has 2 saturated carbocycles. The molecule has 32 heavy (non-hydrogen) atoms. The van der Waals surface area contributed by atoms with E-state index >= 15 is 0 Å². The molecule has 3 unspecified atom stereocenters. The smallest absolute Gasteiger partial charge is 0.225 e. The molecule has 0 saturated heterocycles. The van der Waals surface area contributed by atoms with Crippen LogP contribution in [0.5, 0.6) is 0 Å². The number of rotatable bonds is 5. The maximum Gasteiger partial charge on any atom is 0.225 e. The van der Waals surface area contributed by atoms with Gasteiger partial charge in [-0.25, -0.2) is 0 Å². The molecule has 1 heterocycles. The maximum absolute atomic E-state index is 13.1. The van der Waals surface area contributed by atoms with Gasteiger partial charge in [-0.3, -0.25) is 9.59 Å². The number of ketones is 1. The molecule has 1 N–H and O–H groups in total. The Kier molecular flexibility index (Phi) is 5.79. The molecule has 3 aliphatic carbocycles. The van der Waals surface area contributed by atoms with Gasteiger partial charge >= 0.3 is 0 Å². The number of carbonyl (C=O) groups is 2. The van der Waals surface area contributed by atoms with Gasteiger partial charge in [-0.05, 0) is 97.6 Å². The normalized spacial score (nSPS) is 30.9. The molecule has 2 fully saturated rings. The second-order valence-electron chi connectivity index (χ2n) is 10.1. The second-order valence-corrected chi connectivity index (χ2v) is 10.5. The van der Waals surface area contributed by atoms with Gasteiger partial charge in [0.25, 0.3) is 0 Å². The van der Waals surface area contributed by atoms with Crippen LogP contribution in [0, 0.1) is 23.2 Å². The molecular formula is C26H30ClN3O2. The van der Waals surface area contributed by atoms with E-state index in [-0.39, 0.29) is 11.3 Å². The number of hydrogen-bond donors (Lipinski definition) is 1. The second kappa shape index (κ2) is 8.58. The molecule has 1 amide bonds. The first kappa shape index (κ1) is 21.6. The van der Waals surface area contributed by atoms with Crippen molar-refractivity contribution in [3.8, 4) is 0 Å². The summed E-state index contributed by atoms with van der Waals surface area (Å²) in [4.78, 5) is 25.5. The van der Waals surface area contributed by atoms with E-state index in [1.165, 1.54) is 11.1 Å². The highest BCUT2D eigenvalue weighted by Gasteiger charge is 2.58. The van der Waals surface area contributed by atoms with Crippen molar-refractivity contribution in [2.45, 2.75) is 64.2 Å². The van der Waals surface area contributed by atoms with E-state index in [2.05, 4.69) is 34.6 Å². The van der Waals surface area contributed by atoms with Gasteiger partial charge in [0.15, 0.2) is 5.82 Å². The lowest BCUT2D eigenvalue weighted by atomic mass is 9.54. The molecule has 1 aromatic heterocycles. The quantitative estimate of drug-likeness (QED) is 0.643. The Morgan fingerprint density at radius 3 is 2.97 bits per heavy atom. The fourth-order valence-corrected chi connectivity index (χ4v) is 7.17. The Labute approximate surface area is 194 Å². The summed E-state index contributed by atoms with van der Waals surface area (Å²) in [6.45, 7) is 2.22. The number of hydrogen-bond acceptors (Lipinski definition) is 4. The number of benzene rings is 1. The summed E-state index contributed by atoms with van der Waals surface area (Å²) in [5.41, 5.74) is 2.65. The van der Waals surface area contributed by atoms with Crippen molar-refractivity contribution in [2.75, 3.05) is 5.32 Å². The first-order chi connectivity index (χ1) is 15.5. The lowest BCUT2D eigenvalue weighted by Gasteiger charge is -2.50. The van der Waals surface area contributed by atoms with Gasteiger partial charge in [-0.15, -0.1) is 5.10 Å². The van der Waals surface area contributed by atoms with Crippen LogP contribution in [0.15, 0.2) is 36.5 Å². The first-order valence-corrected chi connectivity index (χ1v) is 12.2. The number of halogens is 1. The van der Waals surface area contributed by atoms with E-state index in [0.717, 1.165) is 43.5 Å². The van der Waals surface area contributed by atoms with Crippen molar-refractivity contribution >= 4 is 29.1 Å². The highest BCUT2D eigenvalue weighted by atomic mass is 35.5. The maximum atomic E-state index is 13.1. The lowest BCUT2D eigenvalue weighted by Crippen LogP contribution is -2.44. The number of aryl methyl sites for hydroxylation is 1. The fraction of sp³-hybridized carbons (Fsp3) is 0.538. The van der Waals surface area contributed by atoms with Gasteiger partial charge in [0, 0.05) is 29.5 Å². The number of nitrogens with one attached hydrogen (secondary N) is 1. The van der Waals surface area contributed by atoms with Crippen LogP contribution < -0.4 is 5.32 Å². The van der Waals surface area contributed by atoms with Gasteiger partial charge in [0.2, 0.25) is 5.91 Å². The zero-order valence-electron chi connectivity index (χ0n) is 18.5. The minimum absolute atomic E-state index is 0.0393. The molecule has 0 spiro atoms. The van der Waals surface area contributed by atoms with Crippen LogP contribution in [0.3, 0.4) is 0 Å². The molecule has 0 bridgehead atoms. The van der Waals surface area contributed by atoms with Gasteiger partial charge in [-0.2, -0.15) is 5.10 Å². The summed E-state index contributed by atoms with van der Waals surface area (Å²) in [5.74, 6) is 2.76. The van der Waals surface area contributed by atoms with E-state index in [9.17, 15) is 9.59 Å². The number of amides is 1. The third-order valence-corrected chi connectivity index (χ3v) is 8.59. The Hall–Kier alpha value is -2.27. The topological polar surface area (TPSA) is 72.0 Å². The zero-order valence-corrected chi connectivity index (χ0v) is 19.3. The number of aromatic nitrogens is 2.